The molecule has 0 aliphatic carbocycles. The molecule has 0 aromatic heterocycles. The van der Waals surface area contributed by atoms with E-state index in [-0.39, 0.29) is 12.0 Å². The maximum atomic E-state index is 11.6. The number of hydrogen-bond acceptors (Lipinski definition) is 3. The second-order valence-electron chi connectivity index (χ2n) is 4.19. The third-order valence-corrected chi connectivity index (χ3v) is 4.05. The highest BCUT2D eigenvalue weighted by molar-refractivity contribution is 9.10. The Balaban J connectivity index is 2.33. The monoisotopic (exact) mass is 331 g/mol. The SMILES string of the molecule is Cc1cc(Br)ccc1SCC(=O)NCCC(C)O. The fourth-order valence-electron chi connectivity index (χ4n) is 1.39. The number of nitrogens with one attached hydrogen (secondary N) is 1. The fourth-order valence-corrected chi connectivity index (χ4v) is 2.70. The molecule has 18 heavy (non-hydrogen) atoms. The van der Waals surface area contributed by atoms with E-state index in [9.17, 15) is 4.79 Å². The Morgan fingerprint density at radius 1 is 1.56 bits per heavy atom. The van der Waals surface area contributed by atoms with Crippen LogP contribution in [0.15, 0.2) is 27.6 Å². The van der Waals surface area contributed by atoms with Gasteiger partial charge in [-0.3, -0.25) is 4.79 Å². The van der Waals surface area contributed by atoms with Gasteiger partial charge < -0.3 is 10.4 Å². The Bertz CT molecular complexity index is 410. The maximum Gasteiger partial charge on any atom is 0.230 e. The van der Waals surface area contributed by atoms with E-state index in [1.54, 1.807) is 6.92 Å². The summed E-state index contributed by atoms with van der Waals surface area (Å²) in [6.07, 6.45) is 0.222. The predicted molar refractivity (Wildman–Crippen MR) is 78.9 cm³/mol. The molecule has 1 unspecified atom stereocenters. The highest BCUT2D eigenvalue weighted by atomic mass is 79.9. The van der Waals surface area contributed by atoms with Crippen LogP contribution in [0.5, 0.6) is 0 Å². The number of halogens is 1. The van der Waals surface area contributed by atoms with Gasteiger partial charge in [-0.1, -0.05) is 15.9 Å². The molecule has 0 spiro atoms. The van der Waals surface area contributed by atoms with E-state index < -0.39 is 0 Å². The van der Waals surface area contributed by atoms with E-state index in [2.05, 4.69) is 21.2 Å². The van der Waals surface area contributed by atoms with Crippen molar-refractivity contribution in [2.45, 2.75) is 31.3 Å². The number of thioether (sulfide) groups is 1. The maximum absolute atomic E-state index is 11.6. The number of aryl methyl sites for hydroxylation is 1. The molecule has 1 rings (SSSR count). The highest BCUT2D eigenvalue weighted by Gasteiger charge is 2.05. The van der Waals surface area contributed by atoms with Crippen LogP contribution in [0.1, 0.15) is 18.9 Å². The molecule has 0 aliphatic heterocycles. The Morgan fingerprint density at radius 2 is 2.28 bits per heavy atom. The minimum absolute atomic E-state index is 0.00275. The summed E-state index contributed by atoms with van der Waals surface area (Å²) in [6, 6.07) is 6.02. The second kappa shape index (κ2) is 7.81. The Kier molecular flexibility index (Phi) is 6.75. The number of aliphatic hydroxyl groups is 1. The van der Waals surface area contributed by atoms with Crippen molar-refractivity contribution in [3.8, 4) is 0 Å². The van der Waals surface area contributed by atoms with Crippen LogP contribution in [-0.4, -0.2) is 29.4 Å². The normalized spacial score (nSPS) is 12.2. The number of benzene rings is 1. The van der Waals surface area contributed by atoms with Gasteiger partial charge in [-0.25, -0.2) is 0 Å². The number of carbonyl (C=O) groups excluding carboxylic acids is 1. The lowest BCUT2D eigenvalue weighted by Crippen LogP contribution is -2.27. The largest absolute Gasteiger partial charge is 0.393 e. The van der Waals surface area contributed by atoms with Crippen molar-refractivity contribution in [3.63, 3.8) is 0 Å². The third kappa shape index (κ3) is 5.89. The van der Waals surface area contributed by atoms with E-state index in [1.807, 2.05) is 25.1 Å². The molecule has 1 aromatic rings. The molecule has 100 valence electrons. The summed E-state index contributed by atoms with van der Waals surface area (Å²) in [5, 5.41) is 11.9. The molecule has 1 amide bonds. The third-order valence-electron chi connectivity index (χ3n) is 2.38. The van der Waals surface area contributed by atoms with Gasteiger partial charge >= 0.3 is 0 Å². The van der Waals surface area contributed by atoms with Crippen LogP contribution in [0.4, 0.5) is 0 Å². The molecule has 3 nitrogen and oxygen atoms in total. The van der Waals surface area contributed by atoms with Crippen LogP contribution < -0.4 is 5.32 Å². The molecule has 0 fully saturated rings. The molecule has 0 bridgehead atoms. The first kappa shape index (κ1) is 15.5. The molecule has 2 N–H and O–H groups in total. The molecular formula is C13H18BrNO2S. The average molecular weight is 332 g/mol. The van der Waals surface area contributed by atoms with Gasteiger partial charge in [0.15, 0.2) is 0 Å². The topological polar surface area (TPSA) is 49.3 Å². The number of aliphatic hydroxyl groups excluding tert-OH is 1. The molecule has 1 atom stereocenters. The number of rotatable bonds is 6. The zero-order valence-electron chi connectivity index (χ0n) is 10.6. The summed E-state index contributed by atoms with van der Waals surface area (Å²) in [5.74, 6) is 0.408. The van der Waals surface area contributed by atoms with Crippen LogP contribution in [0.3, 0.4) is 0 Å². The van der Waals surface area contributed by atoms with Gasteiger partial charge in [-0.15, -0.1) is 11.8 Å². The average Bonchev–Trinajstić information content (AvgIpc) is 2.27. The molecule has 0 heterocycles. The smallest absolute Gasteiger partial charge is 0.230 e. The van der Waals surface area contributed by atoms with E-state index >= 15 is 0 Å². The second-order valence-corrected chi connectivity index (χ2v) is 6.12. The van der Waals surface area contributed by atoms with E-state index in [1.165, 1.54) is 11.8 Å². The zero-order valence-corrected chi connectivity index (χ0v) is 13.0. The van der Waals surface area contributed by atoms with Crippen molar-refractivity contribution in [3.05, 3.63) is 28.2 Å². The minimum Gasteiger partial charge on any atom is -0.393 e. The molecule has 5 heteroatoms. The summed E-state index contributed by atoms with van der Waals surface area (Å²) >= 11 is 4.94. The Labute approximate surface area is 120 Å². The van der Waals surface area contributed by atoms with Crippen LogP contribution >= 0.6 is 27.7 Å². The standard InChI is InChI=1S/C13H18BrNO2S/c1-9-7-11(14)3-4-12(9)18-8-13(17)15-6-5-10(2)16/h3-4,7,10,16H,5-6,8H2,1-2H3,(H,15,17). The zero-order chi connectivity index (χ0) is 13.5. The number of carbonyl (C=O) groups is 1. The first-order valence-corrected chi connectivity index (χ1v) is 7.60. The van der Waals surface area contributed by atoms with Crippen molar-refractivity contribution < 1.29 is 9.90 Å². The first-order valence-electron chi connectivity index (χ1n) is 5.82. The van der Waals surface area contributed by atoms with Gasteiger partial charge in [-0.2, -0.15) is 0 Å². The van der Waals surface area contributed by atoms with Gasteiger partial charge in [0.25, 0.3) is 0 Å². The number of amides is 1. The van der Waals surface area contributed by atoms with Gasteiger partial charge in [0.2, 0.25) is 5.91 Å². The van der Waals surface area contributed by atoms with Crippen LogP contribution in [0.2, 0.25) is 0 Å². The van der Waals surface area contributed by atoms with Crippen molar-refractivity contribution in [1.29, 1.82) is 0 Å². The molecule has 0 saturated carbocycles. The van der Waals surface area contributed by atoms with E-state index in [0.29, 0.717) is 18.7 Å². The lowest BCUT2D eigenvalue weighted by Gasteiger charge is -2.08. The summed E-state index contributed by atoms with van der Waals surface area (Å²) in [5.41, 5.74) is 1.16. The molecule has 0 saturated heterocycles. The summed E-state index contributed by atoms with van der Waals surface area (Å²) in [7, 11) is 0. The summed E-state index contributed by atoms with van der Waals surface area (Å²) in [4.78, 5) is 12.7. The first-order chi connectivity index (χ1) is 8.49. The molecule has 0 aliphatic rings. The van der Waals surface area contributed by atoms with E-state index in [4.69, 9.17) is 5.11 Å². The lowest BCUT2D eigenvalue weighted by molar-refractivity contribution is -0.118. The predicted octanol–water partition coefficient (Wildman–Crippen LogP) is 2.74. The molecular weight excluding hydrogens is 314 g/mol. The Morgan fingerprint density at radius 3 is 2.89 bits per heavy atom. The van der Waals surface area contributed by atoms with Crippen LogP contribution in [0, 0.1) is 6.92 Å². The van der Waals surface area contributed by atoms with Gasteiger partial charge in [-0.05, 0) is 44.0 Å². The van der Waals surface area contributed by atoms with Gasteiger partial charge in [0.1, 0.15) is 0 Å². The highest BCUT2D eigenvalue weighted by Crippen LogP contribution is 2.24. The Hall–Kier alpha value is -0.520. The van der Waals surface area contributed by atoms with Crippen molar-refractivity contribution in [2.75, 3.05) is 12.3 Å². The number of hydrogen-bond donors (Lipinski definition) is 2. The molecule has 0 radical (unpaired) electrons. The summed E-state index contributed by atoms with van der Waals surface area (Å²) < 4.78 is 1.05. The minimum atomic E-state index is -0.369. The van der Waals surface area contributed by atoms with Gasteiger partial charge in [0, 0.05) is 15.9 Å². The van der Waals surface area contributed by atoms with E-state index in [0.717, 1.165) is 14.9 Å². The lowest BCUT2D eigenvalue weighted by atomic mass is 10.2. The van der Waals surface area contributed by atoms with Gasteiger partial charge in [0.05, 0.1) is 11.9 Å². The van der Waals surface area contributed by atoms with Crippen LogP contribution in [0.25, 0.3) is 0 Å². The van der Waals surface area contributed by atoms with Crippen molar-refractivity contribution in [2.24, 2.45) is 0 Å². The van der Waals surface area contributed by atoms with Crippen LogP contribution in [-0.2, 0) is 4.79 Å². The molecule has 1 aromatic carbocycles. The van der Waals surface area contributed by atoms with Crippen molar-refractivity contribution >= 4 is 33.6 Å². The fraction of sp³-hybridized carbons (Fsp3) is 0.462. The quantitative estimate of drug-likeness (QED) is 0.788. The van der Waals surface area contributed by atoms with Crippen molar-refractivity contribution in [1.82, 2.24) is 5.32 Å². The summed E-state index contributed by atoms with van der Waals surface area (Å²) in [6.45, 7) is 4.26.